The summed E-state index contributed by atoms with van der Waals surface area (Å²) in [5.41, 5.74) is 2.94. The lowest BCUT2D eigenvalue weighted by atomic mass is 9.95. The van der Waals surface area contributed by atoms with E-state index in [-0.39, 0.29) is 17.8 Å². The molecular weight excluding hydrogens is 416 g/mol. The second-order valence-corrected chi connectivity index (χ2v) is 8.24. The van der Waals surface area contributed by atoms with Crippen LogP contribution in [0.1, 0.15) is 48.3 Å². The van der Waals surface area contributed by atoms with Gasteiger partial charge < -0.3 is 5.32 Å². The van der Waals surface area contributed by atoms with E-state index < -0.39 is 0 Å². The van der Waals surface area contributed by atoms with Crippen LogP contribution >= 0.6 is 15.9 Å². The Kier molecular flexibility index (Phi) is 5.57. The zero-order chi connectivity index (χ0) is 19.5. The monoisotopic (exact) mass is 438 g/mol. The number of aryl methyl sites for hydroxylation is 1. The maximum atomic E-state index is 12.8. The molecule has 1 amide bonds. The fraction of sp³-hybridized carbons (Fsp3) is 0.318. The highest BCUT2D eigenvalue weighted by Gasteiger charge is 2.22. The summed E-state index contributed by atoms with van der Waals surface area (Å²) < 4.78 is 2.74. The summed E-state index contributed by atoms with van der Waals surface area (Å²) in [5.74, 6) is 0.682. The van der Waals surface area contributed by atoms with Crippen molar-refractivity contribution in [2.45, 2.75) is 45.1 Å². The molecule has 0 atom stereocenters. The molecule has 144 valence electrons. The molecule has 4 rings (SSSR count). The number of nitrogens with zero attached hydrogens (tertiary/aromatic N) is 3. The highest BCUT2D eigenvalue weighted by Crippen LogP contribution is 2.24. The topological polar surface area (TPSA) is 59.8 Å². The molecule has 0 unspecified atom stereocenters. The number of carbonyl (C=O) groups is 1. The number of hydrogen-bond donors (Lipinski definition) is 1. The number of rotatable bonds is 4. The van der Waals surface area contributed by atoms with Gasteiger partial charge in [-0.3, -0.25) is 4.79 Å². The van der Waals surface area contributed by atoms with Crippen LogP contribution in [0.2, 0.25) is 0 Å². The Morgan fingerprint density at radius 1 is 1.11 bits per heavy atom. The maximum Gasteiger partial charge on any atom is 0.291 e. The number of halogens is 1. The molecule has 5 nitrogen and oxygen atoms in total. The van der Waals surface area contributed by atoms with Crippen LogP contribution < -0.4 is 5.32 Å². The Morgan fingerprint density at radius 3 is 2.57 bits per heavy atom. The first-order chi connectivity index (χ1) is 13.6. The number of amides is 1. The number of benzene rings is 2. The second-order valence-electron chi connectivity index (χ2n) is 7.33. The van der Waals surface area contributed by atoms with E-state index in [4.69, 9.17) is 0 Å². The third-order valence-electron chi connectivity index (χ3n) is 5.10. The van der Waals surface area contributed by atoms with E-state index in [1.165, 1.54) is 19.3 Å². The van der Waals surface area contributed by atoms with Gasteiger partial charge in [0.2, 0.25) is 5.82 Å². The average Bonchev–Trinajstić information content (AvgIpc) is 3.15. The van der Waals surface area contributed by atoms with Gasteiger partial charge in [-0.25, -0.2) is 9.67 Å². The Balaban J connectivity index is 1.71. The molecule has 1 N–H and O–H groups in total. The van der Waals surface area contributed by atoms with Crippen molar-refractivity contribution in [1.29, 1.82) is 0 Å². The van der Waals surface area contributed by atoms with Crippen LogP contribution in [0.15, 0.2) is 53.0 Å². The maximum absolute atomic E-state index is 12.8. The van der Waals surface area contributed by atoms with Gasteiger partial charge in [-0.1, -0.05) is 59.0 Å². The normalized spacial score (nSPS) is 14.8. The first-order valence-corrected chi connectivity index (χ1v) is 10.5. The van der Waals surface area contributed by atoms with Gasteiger partial charge in [0.05, 0.1) is 5.69 Å². The lowest BCUT2D eigenvalue weighted by Crippen LogP contribution is -2.36. The van der Waals surface area contributed by atoms with Gasteiger partial charge in [-0.15, -0.1) is 5.10 Å². The van der Waals surface area contributed by atoms with Crippen molar-refractivity contribution in [3.63, 3.8) is 0 Å². The second kappa shape index (κ2) is 8.27. The summed E-state index contributed by atoms with van der Waals surface area (Å²) >= 11 is 3.47. The SMILES string of the molecule is Cc1cccc(-c2nc(C(=O)NC3CCCCC3)nn2-c2ccc(Br)cc2)c1. The molecular formula is C22H23BrN4O. The van der Waals surface area contributed by atoms with Gasteiger partial charge in [-0.2, -0.15) is 0 Å². The molecule has 0 aliphatic heterocycles. The molecule has 1 saturated carbocycles. The molecule has 3 aromatic rings. The van der Waals surface area contributed by atoms with Crippen LogP contribution in [0.3, 0.4) is 0 Å². The Morgan fingerprint density at radius 2 is 1.86 bits per heavy atom. The summed E-state index contributed by atoms with van der Waals surface area (Å²) in [6.07, 6.45) is 5.65. The third-order valence-corrected chi connectivity index (χ3v) is 5.63. The molecule has 1 heterocycles. The van der Waals surface area contributed by atoms with E-state index in [0.717, 1.165) is 34.1 Å². The fourth-order valence-electron chi connectivity index (χ4n) is 3.64. The smallest absolute Gasteiger partial charge is 0.291 e. The third kappa shape index (κ3) is 4.17. The minimum Gasteiger partial charge on any atom is -0.347 e. The highest BCUT2D eigenvalue weighted by molar-refractivity contribution is 9.10. The minimum absolute atomic E-state index is 0.198. The van der Waals surface area contributed by atoms with Crippen molar-refractivity contribution >= 4 is 21.8 Å². The quantitative estimate of drug-likeness (QED) is 0.618. The van der Waals surface area contributed by atoms with Crippen LogP contribution in [-0.2, 0) is 0 Å². The van der Waals surface area contributed by atoms with Crippen molar-refractivity contribution < 1.29 is 4.79 Å². The molecule has 0 spiro atoms. The standard InChI is InChI=1S/C22H23BrN4O/c1-15-6-5-7-16(14-15)21-25-20(22(28)24-18-8-3-2-4-9-18)26-27(21)19-12-10-17(23)11-13-19/h5-7,10-14,18H,2-4,8-9H2,1H3,(H,24,28). The fourth-order valence-corrected chi connectivity index (χ4v) is 3.90. The Bertz CT molecular complexity index is 974. The zero-order valence-corrected chi connectivity index (χ0v) is 17.4. The summed E-state index contributed by atoms with van der Waals surface area (Å²) in [6.45, 7) is 2.04. The van der Waals surface area contributed by atoms with Crippen LogP contribution in [0, 0.1) is 6.92 Å². The van der Waals surface area contributed by atoms with E-state index in [9.17, 15) is 4.79 Å². The van der Waals surface area contributed by atoms with Gasteiger partial charge in [0.25, 0.3) is 5.91 Å². The van der Waals surface area contributed by atoms with Crippen molar-refractivity contribution in [2.24, 2.45) is 0 Å². The van der Waals surface area contributed by atoms with E-state index in [1.54, 1.807) is 4.68 Å². The molecule has 2 aromatic carbocycles. The predicted octanol–water partition coefficient (Wildman–Crippen LogP) is 5.07. The number of aromatic nitrogens is 3. The molecule has 6 heteroatoms. The van der Waals surface area contributed by atoms with Gasteiger partial charge in [0.15, 0.2) is 5.82 Å². The van der Waals surface area contributed by atoms with Crippen molar-refractivity contribution in [1.82, 2.24) is 20.1 Å². The lowest BCUT2D eigenvalue weighted by molar-refractivity contribution is 0.0917. The predicted molar refractivity (Wildman–Crippen MR) is 114 cm³/mol. The molecule has 1 aliphatic carbocycles. The van der Waals surface area contributed by atoms with Crippen molar-refractivity contribution in [3.05, 3.63) is 64.4 Å². The van der Waals surface area contributed by atoms with Gasteiger partial charge in [-0.05, 0) is 50.1 Å². The number of hydrogen-bond acceptors (Lipinski definition) is 3. The molecule has 1 aromatic heterocycles. The first-order valence-electron chi connectivity index (χ1n) is 9.71. The Hall–Kier alpha value is -2.47. The molecule has 1 aliphatic rings. The highest BCUT2D eigenvalue weighted by atomic mass is 79.9. The summed E-state index contributed by atoms with van der Waals surface area (Å²) in [6, 6.07) is 16.1. The lowest BCUT2D eigenvalue weighted by Gasteiger charge is -2.21. The summed E-state index contributed by atoms with van der Waals surface area (Å²) in [4.78, 5) is 17.4. The first kappa shape index (κ1) is 18.9. The van der Waals surface area contributed by atoms with Crippen LogP contribution in [0.25, 0.3) is 17.1 Å². The van der Waals surface area contributed by atoms with Crippen molar-refractivity contribution in [3.8, 4) is 17.1 Å². The van der Waals surface area contributed by atoms with E-state index in [1.807, 2.05) is 49.4 Å². The Labute approximate surface area is 173 Å². The van der Waals surface area contributed by atoms with Gasteiger partial charge in [0, 0.05) is 16.1 Å². The molecule has 0 saturated heterocycles. The largest absolute Gasteiger partial charge is 0.347 e. The molecule has 1 fully saturated rings. The summed E-state index contributed by atoms with van der Waals surface area (Å²) in [5, 5.41) is 7.67. The number of carbonyl (C=O) groups excluding carboxylic acids is 1. The van der Waals surface area contributed by atoms with E-state index in [0.29, 0.717) is 5.82 Å². The number of nitrogens with one attached hydrogen (secondary N) is 1. The molecule has 28 heavy (non-hydrogen) atoms. The zero-order valence-electron chi connectivity index (χ0n) is 15.9. The van der Waals surface area contributed by atoms with Crippen LogP contribution in [0.4, 0.5) is 0 Å². The molecule has 0 radical (unpaired) electrons. The van der Waals surface area contributed by atoms with Crippen LogP contribution in [0.5, 0.6) is 0 Å². The van der Waals surface area contributed by atoms with E-state index in [2.05, 4.69) is 37.4 Å². The minimum atomic E-state index is -0.198. The van der Waals surface area contributed by atoms with Crippen LogP contribution in [-0.4, -0.2) is 26.7 Å². The van der Waals surface area contributed by atoms with Gasteiger partial charge >= 0.3 is 0 Å². The average molecular weight is 439 g/mol. The summed E-state index contributed by atoms with van der Waals surface area (Å²) in [7, 11) is 0. The van der Waals surface area contributed by atoms with E-state index >= 15 is 0 Å². The molecule has 0 bridgehead atoms. The van der Waals surface area contributed by atoms with Crippen molar-refractivity contribution in [2.75, 3.05) is 0 Å². The van der Waals surface area contributed by atoms with Gasteiger partial charge in [0.1, 0.15) is 0 Å².